The van der Waals surface area contributed by atoms with E-state index in [0.717, 1.165) is 0 Å². The van der Waals surface area contributed by atoms with Crippen molar-refractivity contribution in [3.8, 4) is 0 Å². The van der Waals surface area contributed by atoms with Gasteiger partial charge in [0.2, 0.25) is 0 Å². The van der Waals surface area contributed by atoms with E-state index in [1.807, 2.05) is 0 Å². The number of carbonyl (C=O) groups is 2. The smallest absolute Gasteiger partial charge is 0.435 e. The number of H-pyrrole nitrogens is 1. The van der Waals surface area contributed by atoms with Gasteiger partial charge < -0.3 is 23.7 Å². The van der Waals surface area contributed by atoms with Crippen molar-refractivity contribution in [1.29, 1.82) is 0 Å². The standard InChI is InChI=1S/C16H22N2O9/c1-4-23-15(21)25-8-11-10(27-16(22)24-5-2)6-12(26-11)18-7-9(3)13(19)17-14(18)20/h7,10-12H,4-6,8H2,1-3H3,(H,17,19,20)/t10-,11+,12+/m0/s1. The zero-order valence-corrected chi connectivity index (χ0v) is 15.3. The van der Waals surface area contributed by atoms with Gasteiger partial charge in [-0.1, -0.05) is 0 Å². The van der Waals surface area contributed by atoms with Crippen LogP contribution in [0.3, 0.4) is 0 Å². The highest BCUT2D eigenvalue weighted by Gasteiger charge is 2.40. The molecule has 2 heterocycles. The molecule has 1 aliphatic heterocycles. The van der Waals surface area contributed by atoms with Gasteiger partial charge in [-0.25, -0.2) is 14.4 Å². The van der Waals surface area contributed by atoms with Crippen LogP contribution >= 0.6 is 0 Å². The van der Waals surface area contributed by atoms with Crippen molar-refractivity contribution in [3.05, 3.63) is 32.6 Å². The van der Waals surface area contributed by atoms with Crippen molar-refractivity contribution in [2.24, 2.45) is 0 Å². The van der Waals surface area contributed by atoms with E-state index >= 15 is 0 Å². The average molecular weight is 386 g/mol. The molecular weight excluding hydrogens is 364 g/mol. The molecule has 1 aromatic heterocycles. The Morgan fingerprint density at radius 2 is 1.85 bits per heavy atom. The highest BCUT2D eigenvalue weighted by Crippen LogP contribution is 2.30. The summed E-state index contributed by atoms with van der Waals surface area (Å²) in [5.41, 5.74) is -0.861. The van der Waals surface area contributed by atoms with E-state index in [9.17, 15) is 19.2 Å². The van der Waals surface area contributed by atoms with E-state index in [1.54, 1.807) is 13.8 Å². The second-order valence-electron chi connectivity index (χ2n) is 5.68. The lowest BCUT2D eigenvalue weighted by Gasteiger charge is -2.18. The van der Waals surface area contributed by atoms with E-state index < -0.39 is 42.0 Å². The Morgan fingerprint density at radius 1 is 1.19 bits per heavy atom. The van der Waals surface area contributed by atoms with Gasteiger partial charge in [0.25, 0.3) is 5.56 Å². The van der Waals surface area contributed by atoms with E-state index in [1.165, 1.54) is 17.7 Å². The number of nitrogens with zero attached hydrogens (tertiary/aromatic N) is 1. The molecule has 0 bridgehead atoms. The average Bonchev–Trinajstić information content (AvgIpc) is 2.99. The number of aromatic nitrogens is 2. The molecule has 150 valence electrons. The highest BCUT2D eigenvalue weighted by molar-refractivity contribution is 5.60. The van der Waals surface area contributed by atoms with Gasteiger partial charge in [-0.2, -0.15) is 0 Å². The first-order chi connectivity index (χ1) is 12.8. The maximum absolute atomic E-state index is 12.1. The van der Waals surface area contributed by atoms with Gasteiger partial charge in [-0.15, -0.1) is 0 Å². The first-order valence-corrected chi connectivity index (χ1v) is 8.46. The number of hydrogen-bond acceptors (Lipinski definition) is 9. The minimum atomic E-state index is -0.905. The molecule has 0 amide bonds. The molecule has 1 aliphatic rings. The van der Waals surface area contributed by atoms with Crippen LogP contribution in [0.5, 0.6) is 0 Å². The summed E-state index contributed by atoms with van der Waals surface area (Å²) in [6, 6.07) is 0. The van der Waals surface area contributed by atoms with Crippen LogP contribution in [-0.4, -0.2) is 53.9 Å². The molecule has 1 saturated heterocycles. The van der Waals surface area contributed by atoms with Crippen LogP contribution in [0.1, 0.15) is 32.1 Å². The summed E-state index contributed by atoms with van der Waals surface area (Å²) in [7, 11) is 0. The molecule has 1 fully saturated rings. The molecule has 0 aromatic carbocycles. The molecule has 11 heteroatoms. The Hall–Kier alpha value is -2.82. The fraction of sp³-hybridized carbons (Fsp3) is 0.625. The number of rotatable bonds is 6. The van der Waals surface area contributed by atoms with Crippen LogP contribution in [0.4, 0.5) is 9.59 Å². The van der Waals surface area contributed by atoms with Gasteiger partial charge >= 0.3 is 18.0 Å². The van der Waals surface area contributed by atoms with Crippen molar-refractivity contribution in [1.82, 2.24) is 9.55 Å². The Labute approximate surface area is 154 Å². The number of aromatic amines is 1. The fourth-order valence-corrected chi connectivity index (χ4v) is 2.53. The molecule has 0 saturated carbocycles. The predicted octanol–water partition coefficient (Wildman–Crippen LogP) is 0.847. The van der Waals surface area contributed by atoms with Crippen LogP contribution in [0, 0.1) is 6.92 Å². The lowest BCUT2D eigenvalue weighted by atomic mass is 10.2. The maximum atomic E-state index is 12.1. The Balaban J connectivity index is 2.16. The van der Waals surface area contributed by atoms with Gasteiger partial charge in [0.1, 0.15) is 25.0 Å². The number of carbonyl (C=O) groups excluding carboxylic acids is 2. The Kier molecular flexibility index (Phi) is 6.99. The third-order valence-corrected chi connectivity index (χ3v) is 3.77. The van der Waals surface area contributed by atoms with Crippen LogP contribution in [-0.2, 0) is 23.7 Å². The first-order valence-electron chi connectivity index (χ1n) is 8.46. The molecule has 0 unspecified atom stereocenters. The molecule has 0 radical (unpaired) electrons. The zero-order chi connectivity index (χ0) is 20.0. The number of aryl methyl sites for hydroxylation is 1. The largest absolute Gasteiger partial charge is 0.508 e. The second-order valence-corrected chi connectivity index (χ2v) is 5.68. The minimum absolute atomic E-state index is 0.0983. The van der Waals surface area contributed by atoms with Crippen LogP contribution in [0.2, 0.25) is 0 Å². The van der Waals surface area contributed by atoms with E-state index in [-0.39, 0.29) is 26.2 Å². The minimum Gasteiger partial charge on any atom is -0.435 e. The third-order valence-electron chi connectivity index (χ3n) is 3.77. The summed E-state index contributed by atoms with van der Waals surface area (Å²) in [6.07, 6.45) is -2.86. The second kappa shape index (κ2) is 9.21. The first kappa shape index (κ1) is 20.5. The summed E-state index contributed by atoms with van der Waals surface area (Å²) in [5.74, 6) is 0. The number of nitrogens with one attached hydrogen (secondary N) is 1. The van der Waals surface area contributed by atoms with Crippen molar-refractivity contribution in [3.63, 3.8) is 0 Å². The molecule has 1 N–H and O–H groups in total. The Bertz CT molecular complexity index is 785. The summed E-state index contributed by atoms with van der Waals surface area (Å²) >= 11 is 0. The molecule has 27 heavy (non-hydrogen) atoms. The predicted molar refractivity (Wildman–Crippen MR) is 89.5 cm³/mol. The highest BCUT2D eigenvalue weighted by atomic mass is 16.7. The van der Waals surface area contributed by atoms with E-state index in [2.05, 4.69) is 9.72 Å². The van der Waals surface area contributed by atoms with Crippen LogP contribution < -0.4 is 11.2 Å². The van der Waals surface area contributed by atoms with Gasteiger partial charge in [0.15, 0.2) is 0 Å². The summed E-state index contributed by atoms with van der Waals surface area (Å²) in [5, 5.41) is 0. The van der Waals surface area contributed by atoms with E-state index in [0.29, 0.717) is 5.56 Å². The van der Waals surface area contributed by atoms with Gasteiger partial charge in [0.05, 0.1) is 13.2 Å². The lowest BCUT2D eigenvalue weighted by molar-refractivity contribution is -0.0669. The van der Waals surface area contributed by atoms with Crippen molar-refractivity contribution in [2.75, 3.05) is 19.8 Å². The van der Waals surface area contributed by atoms with Gasteiger partial charge in [-0.05, 0) is 20.8 Å². The zero-order valence-electron chi connectivity index (χ0n) is 15.3. The van der Waals surface area contributed by atoms with E-state index in [4.69, 9.17) is 18.9 Å². The monoisotopic (exact) mass is 386 g/mol. The molecular formula is C16H22N2O9. The maximum Gasteiger partial charge on any atom is 0.508 e. The molecule has 3 atom stereocenters. The SMILES string of the molecule is CCOC(=O)OC[C@H]1O[C@@H](n2cc(C)c(=O)[nH]c2=O)C[C@@H]1OC(=O)OCC. The van der Waals surface area contributed by atoms with Crippen molar-refractivity contribution >= 4 is 12.3 Å². The van der Waals surface area contributed by atoms with Gasteiger partial charge in [-0.3, -0.25) is 14.3 Å². The summed E-state index contributed by atoms with van der Waals surface area (Å²) in [6.45, 7) is 4.80. The summed E-state index contributed by atoms with van der Waals surface area (Å²) in [4.78, 5) is 48.8. The third kappa shape index (κ3) is 5.33. The molecule has 1 aromatic rings. The van der Waals surface area contributed by atoms with Crippen molar-refractivity contribution in [2.45, 2.75) is 45.6 Å². The normalized spacial score (nSPS) is 21.5. The molecule has 2 rings (SSSR count). The number of hydrogen-bond donors (Lipinski definition) is 1. The van der Waals surface area contributed by atoms with Crippen LogP contribution in [0.15, 0.2) is 15.8 Å². The fourth-order valence-electron chi connectivity index (χ4n) is 2.53. The topological polar surface area (TPSA) is 135 Å². The molecule has 11 nitrogen and oxygen atoms in total. The summed E-state index contributed by atoms with van der Waals surface area (Å²) < 4.78 is 26.5. The van der Waals surface area contributed by atoms with Crippen molar-refractivity contribution < 1.29 is 33.3 Å². The molecule has 0 spiro atoms. The number of ether oxygens (including phenoxy) is 5. The molecule has 0 aliphatic carbocycles. The lowest BCUT2D eigenvalue weighted by Crippen LogP contribution is -2.33. The van der Waals surface area contributed by atoms with Gasteiger partial charge in [0, 0.05) is 18.2 Å². The Morgan fingerprint density at radius 3 is 2.52 bits per heavy atom. The van der Waals surface area contributed by atoms with Crippen LogP contribution in [0.25, 0.3) is 0 Å². The quantitative estimate of drug-likeness (QED) is 0.706.